The summed E-state index contributed by atoms with van der Waals surface area (Å²) < 4.78 is 17.2. The number of fused-ring (bicyclic) bond motifs is 1. The van der Waals surface area contributed by atoms with Crippen LogP contribution in [0.15, 0.2) is 42.5 Å². The van der Waals surface area contributed by atoms with E-state index in [-0.39, 0.29) is 11.9 Å². The molecule has 0 aliphatic carbocycles. The Morgan fingerprint density at radius 3 is 2.58 bits per heavy atom. The van der Waals surface area contributed by atoms with Gasteiger partial charge in [0.25, 0.3) is 5.91 Å². The number of rotatable bonds is 11. The third-order valence-electron chi connectivity index (χ3n) is 7.42. The van der Waals surface area contributed by atoms with Crippen LogP contribution in [0.1, 0.15) is 59.4 Å². The van der Waals surface area contributed by atoms with Crippen LogP contribution >= 0.6 is 0 Å². The number of aryl methyl sites for hydroxylation is 1. The van der Waals surface area contributed by atoms with Gasteiger partial charge in [-0.15, -0.1) is 0 Å². The number of carbonyl (C=O) groups excluding carboxylic acids is 1. The van der Waals surface area contributed by atoms with E-state index in [1.807, 2.05) is 17.0 Å². The zero-order valence-electron chi connectivity index (χ0n) is 22.7. The number of nitrogens with zero attached hydrogens (tertiary/aromatic N) is 3. The topological polar surface area (TPSA) is 79.9 Å². The number of unbranched alkanes of at least 4 members (excludes halogenated alkanes) is 1. The Hall–Kier alpha value is -3.36. The first-order chi connectivity index (χ1) is 18.6. The van der Waals surface area contributed by atoms with E-state index in [2.05, 4.69) is 59.3 Å². The average Bonchev–Trinajstić information content (AvgIpc) is 3.49. The second kappa shape index (κ2) is 12.0. The average molecular weight is 519 g/mol. The van der Waals surface area contributed by atoms with Crippen molar-refractivity contribution in [2.45, 2.75) is 39.2 Å². The van der Waals surface area contributed by atoms with Gasteiger partial charge in [-0.2, -0.15) is 5.10 Å². The number of hydrogen-bond acceptors (Lipinski definition) is 6. The van der Waals surface area contributed by atoms with E-state index in [1.54, 1.807) is 7.11 Å². The van der Waals surface area contributed by atoms with Gasteiger partial charge in [0.15, 0.2) is 11.5 Å². The molecular weight excluding hydrogens is 480 g/mol. The molecule has 38 heavy (non-hydrogen) atoms. The van der Waals surface area contributed by atoms with E-state index in [4.69, 9.17) is 14.2 Å². The van der Waals surface area contributed by atoms with E-state index >= 15 is 0 Å². The Morgan fingerprint density at radius 1 is 1.05 bits per heavy atom. The summed E-state index contributed by atoms with van der Waals surface area (Å²) in [6.07, 6.45) is 2.93. The number of methoxy groups -OCH3 is 1. The third-order valence-corrected chi connectivity index (χ3v) is 7.42. The van der Waals surface area contributed by atoms with E-state index in [0.29, 0.717) is 24.6 Å². The Morgan fingerprint density at radius 2 is 1.84 bits per heavy atom. The van der Waals surface area contributed by atoms with Gasteiger partial charge in [0.1, 0.15) is 5.69 Å². The van der Waals surface area contributed by atoms with Crippen LogP contribution in [0, 0.1) is 6.92 Å². The van der Waals surface area contributed by atoms with Crippen LogP contribution in [0.3, 0.4) is 0 Å². The lowest BCUT2D eigenvalue weighted by Crippen LogP contribution is -2.38. The maximum atomic E-state index is 13.7. The fraction of sp³-hybridized carbons (Fsp3) is 0.467. The minimum Gasteiger partial charge on any atom is -0.493 e. The van der Waals surface area contributed by atoms with Gasteiger partial charge < -0.3 is 19.1 Å². The molecule has 1 saturated heterocycles. The van der Waals surface area contributed by atoms with E-state index < -0.39 is 0 Å². The fourth-order valence-corrected chi connectivity index (χ4v) is 5.29. The highest BCUT2D eigenvalue weighted by molar-refractivity contribution is 6.00. The summed E-state index contributed by atoms with van der Waals surface area (Å²) in [5.74, 6) is 1.38. The lowest BCUT2D eigenvalue weighted by molar-refractivity contribution is 0.0354. The Labute approximate surface area is 224 Å². The molecular formula is C30H38N4O4. The number of amides is 1. The van der Waals surface area contributed by atoms with Crippen molar-refractivity contribution < 1.29 is 19.0 Å². The van der Waals surface area contributed by atoms with Gasteiger partial charge in [0, 0.05) is 37.3 Å². The van der Waals surface area contributed by atoms with E-state index in [1.165, 1.54) is 5.56 Å². The highest BCUT2D eigenvalue weighted by atomic mass is 16.5. The van der Waals surface area contributed by atoms with Crippen molar-refractivity contribution in [3.05, 3.63) is 64.8 Å². The molecule has 1 unspecified atom stereocenters. The molecule has 8 nitrogen and oxygen atoms in total. The van der Waals surface area contributed by atoms with Crippen LogP contribution in [0.2, 0.25) is 0 Å². The molecule has 3 aromatic rings. The number of nitrogens with one attached hydrogen (secondary N) is 1. The molecule has 5 rings (SSSR count). The highest BCUT2D eigenvalue weighted by Gasteiger charge is 2.42. The van der Waals surface area contributed by atoms with Crippen molar-refractivity contribution >= 4 is 5.91 Å². The van der Waals surface area contributed by atoms with Crippen molar-refractivity contribution in [1.82, 2.24) is 20.0 Å². The van der Waals surface area contributed by atoms with Gasteiger partial charge in [0.2, 0.25) is 0 Å². The van der Waals surface area contributed by atoms with Crippen LogP contribution in [0.5, 0.6) is 11.5 Å². The number of hydrogen-bond donors (Lipinski definition) is 1. The number of aromatic amines is 1. The molecule has 3 heterocycles. The Balaban J connectivity index is 1.48. The Bertz CT molecular complexity index is 1230. The lowest BCUT2D eigenvalue weighted by atomic mass is 9.95. The molecule has 0 saturated carbocycles. The predicted molar refractivity (Wildman–Crippen MR) is 147 cm³/mol. The summed E-state index contributed by atoms with van der Waals surface area (Å²) in [6, 6.07) is 14.0. The molecule has 0 bridgehead atoms. The minimum atomic E-state index is -0.268. The number of morpholine rings is 1. The van der Waals surface area contributed by atoms with E-state index in [9.17, 15) is 4.79 Å². The summed E-state index contributed by atoms with van der Waals surface area (Å²) >= 11 is 0. The number of ether oxygens (including phenoxy) is 3. The quantitative estimate of drug-likeness (QED) is 0.366. The maximum absolute atomic E-state index is 13.7. The molecule has 1 amide bonds. The van der Waals surface area contributed by atoms with Crippen molar-refractivity contribution in [1.29, 1.82) is 0 Å². The normalized spacial score (nSPS) is 17.6. The van der Waals surface area contributed by atoms with Gasteiger partial charge in [-0.05, 0) is 37.5 Å². The molecule has 1 aromatic heterocycles. The Kier molecular flexibility index (Phi) is 8.29. The van der Waals surface area contributed by atoms with Gasteiger partial charge in [0.05, 0.1) is 38.7 Å². The number of benzene rings is 2. The van der Waals surface area contributed by atoms with Gasteiger partial charge >= 0.3 is 0 Å². The molecule has 2 aliphatic heterocycles. The molecule has 1 N–H and O–H groups in total. The number of carbonyl (C=O) groups is 1. The molecule has 2 aromatic carbocycles. The molecule has 202 valence electrons. The van der Waals surface area contributed by atoms with Crippen LogP contribution in [-0.2, 0) is 4.74 Å². The number of aromatic nitrogens is 2. The summed E-state index contributed by atoms with van der Waals surface area (Å²) in [5, 5.41) is 7.68. The van der Waals surface area contributed by atoms with Crippen molar-refractivity contribution in [3.8, 4) is 22.8 Å². The minimum absolute atomic E-state index is 0.0138. The molecule has 1 fully saturated rings. The van der Waals surface area contributed by atoms with Crippen LogP contribution in [-0.4, -0.2) is 79.0 Å². The first kappa shape index (κ1) is 26.3. The molecule has 8 heteroatoms. The highest BCUT2D eigenvalue weighted by Crippen LogP contribution is 2.44. The zero-order valence-corrected chi connectivity index (χ0v) is 22.7. The monoisotopic (exact) mass is 518 g/mol. The first-order valence-electron chi connectivity index (χ1n) is 13.7. The van der Waals surface area contributed by atoms with E-state index in [0.717, 1.165) is 80.2 Å². The fourth-order valence-electron chi connectivity index (χ4n) is 5.29. The summed E-state index contributed by atoms with van der Waals surface area (Å²) in [7, 11) is 1.66. The molecule has 1 atom stereocenters. The zero-order chi connectivity index (χ0) is 26.5. The first-order valence-corrected chi connectivity index (χ1v) is 13.7. The third kappa shape index (κ3) is 5.42. The lowest BCUT2D eigenvalue weighted by Gasteiger charge is -2.30. The molecule has 0 radical (unpaired) electrons. The van der Waals surface area contributed by atoms with Crippen LogP contribution in [0.25, 0.3) is 11.3 Å². The van der Waals surface area contributed by atoms with Crippen LogP contribution in [0.4, 0.5) is 0 Å². The SMILES string of the molecule is CCCCOc1ccc(C2c3c(-c4ccc(C)cc4)n[nH]c3C(=O)N2CCCN2CCOCC2)cc1OC. The maximum Gasteiger partial charge on any atom is 0.273 e. The number of H-pyrrole nitrogens is 1. The van der Waals surface area contributed by atoms with Gasteiger partial charge in [-0.3, -0.25) is 14.8 Å². The van der Waals surface area contributed by atoms with Crippen molar-refractivity contribution in [3.63, 3.8) is 0 Å². The summed E-state index contributed by atoms with van der Waals surface area (Å²) in [5.41, 5.74) is 5.47. The van der Waals surface area contributed by atoms with Crippen molar-refractivity contribution in [2.75, 3.05) is 53.1 Å². The second-order valence-corrected chi connectivity index (χ2v) is 10.0. The standard InChI is InChI=1S/C30H38N4O4/c1-4-5-17-38-24-12-11-23(20-25(24)36-3)29-26-27(22-9-7-21(2)8-10-22)31-32-28(26)30(35)34(29)14-6-13-33-15-18-37-19-16-33/h7-12,20,29H,4-6,13-19H2,1-3H3,(H,31,32). The molecule has 0 spiro atoms. The molecule has 2 aliphatic rings. The summed E-state index contributed by atoms with van der Waals surface area (Å²) in [6.45, 7) is 9.86. The van der Waals surface area contributed by atoms with Gasteiger partial charge in [-0.1, -0.05) is 49.2 Å². The second-order valence-electron chi connectivity index (χ2n) is 10.0. The van der Waals surface area contributed by atoms with Crippen LogP contribution < -0.4 is 9.47 Å². The van der Waals surface area contributed by atoms with Gasteiger partial charge in [-0.25, -0.2) is 0 Å². The smallest absolute Gasteiger partial charge is 0.273 e. The predicted octanol–water partition coefficient (Wildman–Crippen LogP) is 4.84. The largest absolute Gasteiger partial charge is 0.493 e. The summed E-state index contributed by atoms with van der Waals surface area (Å²) in [4.78, 5) is 18.1. The van der Waals surface area contributed by atoms with Crippen molar-refractivity contribution in [2.24, 2.45) is 0 Å².